The molecule has 39 heavy (non-hydrogen) atoms. The summed E-state index contributed by atoms with van der Waals surface area (Å²) in [5.41, 5.74) is 8.28. The summed E-state index contributed by atoms with van der Waals surface area (Å²) in [4.78, 5) is 21.6. The van der Waals surface area contributed by atoms with E-state index in [9.17, 15) is 9.90 Å². The van der Waals surface area contributed by atoms with Crippen molar-refractivity contribution >= 4 is 28.0 Å². The number of benzene rings is 4. The minimum absolute atomic E-state index is 0.308. The predicted octanol–water partition coefficient (Wildman–Crippen LogP) is 7.35. The molecule has 6 rings (SSSR count). The zero-order valence-electron chi connectivity index (χ0n) is 22.1. The second-order valence-corrected chi connectivity index (χ2v) is 9.95. The minimum Gasteiger partial charge on any atom is -0.478 e. The number of aromatic carboxylic acids is 1. The summed E-state index contributed by atoms with van der Waals surface area (Å²) in [7, 11) is 2.06. The van der Waals surface area contributed by atoms with E-state index in [-0.39, 0.29) is 0 Å². The number of aryl methyl sites for hydroxylation is 2. The molecule has 0 aliphatic rings. The lowest BCUT2D eigenvalue weighted by atomic mass is 9.99. The van der Waals surface area contributed by atoms with Crippen molar-refractivity contribution < 1.29 is 9.90 Å². The zero-order valence-corrected chi connectivity index (χ0v) is 22.1. The summed E-state index contributed by atoms with van der Waals surface area (Å²) in [6, 6.07) is 29.9. The Morgan fingerprint density at radius 2 is 1.54 bits per heavy atom. The first kappa shape index (κ1) is 24.6. The Hall–Kier alpha value is -4.71. The van der Waals surface area contributed by atoms with Gasteiger partial charge in [-0.2, -0.15) is 0 Å². The largest absolute Gasteiger partial charge is 0.478 e. The molecule has 2 heterocycles. The average molecular weight is 515 g/mol. The van der Waals surface area contributed by atoms with Crippen molar-refractivity contribution in [2.45, 2.75) is 32.7 Å². The molecule has 2 aromatic heterocycles. The van der Waals surface area contributed by atoms with Crippen LogP contribution in [0.2, 0.25) is 0 Å². The van der Waals surface area contributed by atoms with Crippen molar-refractivity contribution in [2.75, 3.05) is 0 Å². The van der Waals surface area contributed by atoms with Gasteiger partial charge in [0.05, 0.1) is 27.6 Å². The SMILES string of the molecule is CCCCc1nc2ccc(-c3nc4ccccc4n3C)cc2n1Cc1ccc(-c2ccccc2C(=O)O)cc1. The zero-order chi connectivity index (χ0) is 26.9. The fraction of sp³-hybridized carbons (Fsp3) is 0.182. The molecule has 0 aliphatic carbocycles. The molecule has 6 aromatic rings. The van der Waals surface area contributed by atoms with Gasteiger partial charge in [-0.05, 0) is 59.5 Å². The lowest BCUT2D eigenvalue weighted by Gasteiger charge is -2.12. The Balaban J connectivity index is 1.39. The molecule has 0 amide bonds. The fourth-order valence-electron chi connectivity index (χ4n) is 5.31. The van der Waals surface area contributed by atoms with Gasteiger partial charge in [-0.3, -0.25) is 0 Å². The van der Waals surface area contributed by atoms with Crippen molar-refractivity contribution in [1.82, 2.24) is 19.1 Å². The first-order valence-corrected chi connectivity index (χ1v) is 13.4. The molecule has 1 N–H and O–H groups in total. The maximum atomic E-state index is 11.7. The highest BCUT2D eigenvalue weighted by atomic mass is 16.4. The number of rotatable bonds is 8. The van der Waals surface area contributed by atoms with Crippen LogP contribution in [0.25, 0.3) is 44.6 Å². The fourth-order valence-corrected chi connectivity index (χ4v) is 5.31. The third-order valence-electron chi connectivity index (χ3n) is 7.39. The number of unbranched alkanes of at least 4 members (excludes halogenated alkanes) is 1. The smallest absolute Gasteiger partial charge is 0.336 e. The van der Waals surface area contributed by atoms with Crippen molar-refractivity contribution in [3.63, 3.8) is 0 Å². The standard InChI is InChI=1S/C33H30N4O2/c1-3-4-13-31-34-28-19-18-24(32-35-27-11-7-8-12-29(27)36(32)2)20-30(28)37(31)21-22-14-16-23(17-15-22)25-9-5-6-10-26(25)33(38)39/h5-12,14-20H,3-4,13,21H2,1-2H3,(H,38,39). The van der Waals surface area contributed by atoms with Gasteiger partial charge in [-0.1, -0.05) is 67.9 Å². The molecule has 0 fully saturated rings. The third-order valence-corrected chi connectivity index (χ3v) is 7.39. The van der Waals surface area contributed by atoms with Crippen LogP contribution in [0, 0.1) is 0 Å². The van der Waals surface area contributed by atoms with Gasteiger partial charge in [0.1, 0.15) is 11.6 Å². The van der Waals surface area contributed by atoms with Crippen LogP contribution in [0.1, 0.15) is 41.5 Å². The van der Waals surface area contributed by atoms with Crippen LogP contribution >= 0.6 is 0 Å². The summed E-state index contributed by atoms with van der Waals surface area (Å²) in [5, 5.41) is 9.60. The minimum atomic E-state index is -0.920. The average Bonchev–Trinajstić information content (AvgIpc) is 3.49. The summed E-state index contributed by atoms with van der Waals surface area (Å²) >= 11 is 0. The van der Waals surface area contributed by atoms with Crippen LogP contribution in [0.15, 0.2) is 91.0 Å². The Bertz CT molecular complexity index is 1810. The Labute approximate surface area is 227 Å². The first-order chi connectivity index (χ1) is 19.0. The van der Waals surface area contributed by atoms with Crippen molar-refractivity contribution in [1.29, 1.82) is 0 Å². The Kier molecular flexibility index (Phi) is 6.45. The number of carbonyl (C=O) groups is 1. The van der Waals surface area contributed by atoms with Gasteiger partial charge < -0.3 is 14.2 Å². The molecule has 0 saturated heterocycles. The number of nitrogens with zero attached hydrogens (tertiary/aromatic N) is 4. The molecular formula is C33H30N4O2. The summed E-state index contributed by atoms with van der Waals surface area (Å²) in [5.74, 6) is 1.09. The molecule has 194 valence electrons. The number of carboxylic acid groups (broad SMARTS) is 1. The monoisotopic (exact) mass is 514 g/mol. The molecule has 0 unspecified atom stereocenters. The van der Waals surface area contributed by atoms with Crippen LogP contribution < -0.4 is 0 Å². The molecule has 0 aliphatic heterocycles. The van der Waals surface area contributed by atoms with Crippen LogP contribution in [-0.2, 0) is 20.0 Å². The maximum absolute atomic E-state index is 11.7. The van der Waals surface area contributed by atoms with Crippen molar-refractivity contribution in [3.05, 3.63) is 108 Å². The lowest BCUT2D eigenvalue weighted by Crippen LogP contribution is -2.06. The number of imidazole rings is 2. The number of fused-ring (bicyclic) bond motifs is 2. The molecule has 6 nitrogen and oxygen atoms in total. The van der Waals surface area contributed by atoms with Gasteiger partial charge in [-0.15, -0.1) is 0 Å². The van der Waals surface area contributed by atoms with Gasteiger partial charge >= 0.3 is 5.97 Å². The normalized spacial score (nSPS) is 11.4. The molecular weight excluding hydrogens is 484 g/mol. The van der Waals surface area contributed by atoms with E-state index in [0.29, 0.717) is 12.1 Å². The van der Waals surface area contributed by atoms with Crippen molar-refractivity contribution in [3.8, 4) is 22.5 Å². The molecule has 0 radical (unpaired) electrons. The number of para-hydroxylation sites is 2. The van der Waals surface area contributed by atoms with Gasteiger partial charge in [-0.25, -0.2) is 14.8 Å². The Morgan fingerprint density at radius 3 is 2.31 bits per heavy atom. The number of hydrogen-bond acceptors (Lipinski definition) is 3. The summed E-state index contributed by atoms with van der Waals surface area (Å²) in [6.07, 6.45) is 3.09. The van der Waals surface area contributed by atoms with Gasteiger partial charge in [0.15, 0.2) is 0 Å². The van der Waals surface area contributed by atoms with E-state index >= 15 is 0 Å². The summed E-state index contributed by atoms with van der Waals surface area (Å²) in [6.45, 7) is 2.88. The second-order valence-electron chi connectivity index (χ2n) is 9.95. The van der Waals surface area contributed by atoms with E-state index in [1.54, 1.807) is 12.1 Å². The molecule has 0 atom stereocenters. The van der Waals surface area contributed by atoms with Gasteiger partial charge in [0.2, 0.25) is 0 Å². The highest BCUT2D eigenvalue weighted by Gasteiger charge is 2.16. The third kappa shape index (κ3) is 4.59. The van der Waals surface area contributed by atoms with Gasteiger partial charge in [0.25, 0.3) is 0 Å². The number of aromatic nitrogens is 4. The van der Waals surface area contributed by atoms with E-state index in [4.69, 9.17) is 9.97 Å². The van der Waals surface area contributed by atoms with E-state index < -0.39 is 5.97 Å². The van der Waals surface area contributed by atoms with E-state index in [0.717, 1.165) is 75.2 Å². The molecule has 0 bridgehead atoms. The second kappa shape index (κ2) is 10.2. The summed E-state index contributed by atoms with van der Waals surface area (Å²) < 4.78 is 4.46. The highest BCUT2D eigenvalue weighted by molar-refractivity contribution is 5.96. The van der Waals surface area contributed by atoms with Crippen LogP contribution in [0.4, 0.5) is 0 Å². The molecule has 0 spiro atoms. The topological polar surface area (TPSA) is 72.9 Å². The molecule has 0 saturated carbocycles. The van der Waals surface area contributed by atoms with Gasteiger partial charge in [0, 0.05) is 25.6 Å². The van der Waals surface area contributed by atoms with E-state index in [2.05, 4.69) is 59.5 Å². The van der Waals surface area contributed by atoms with Crippen LogP contribution in [0.5, 0.6) is 0 Å². The highest BCUT2D eigenvalue weighted by Crippen LogP contribution is 2.29. The molecule has 4 aromatic carbocycles. The number of hydrogen-bond donors (Lipinski definition) is 1. The maximum Gasteiger partial charge on any atom is 0.336 e. The van der Waals surface area contributed by atoms with Crippen LogP contribution in [0.3, 0.4) is 0 Å². The van der Waals surface area contributed by atoms with E-state index in [1.165, 1.54) is 0 Å². The Morgan fingerprint density at radius 1 is 0.821 bits per heavy atom. The molecule has 6 heteroatoms. The van der Waals surface area contributed by atoms with Crippen LogP contribution in [-0.4, -0.2) is 30.2 Å². The predicted molar refractivity (Wildman–Crippen MR) is 156 cm³/mol. The van der Waals surface area contributed by atoms with Crippen molar-refractivity contribution in [2.24, 2.45) is 7.05 Å². The lowest BCUT2D eigenvalue weighted by molar-refractivity contribution is 0.0697. The van der Waals surface area contributed by atoms with E-state index in [1.807, 2.05) is 42.5 Å². The quantitative estimate of drug-likeness (QED) is 0.231. The first-order valence-electron chi connectivity index (χ1n) is 13.4. The number of carboxylic acids is 1.